The van der Waals surface area contributed by atoms with Gasteiger partial charge in [0.25, 0.3) is 5.91 Å². The van der Waals surface area contributed by atoms with Gasteiger partial charge in [-0.1, -0.05) is 42.5 Å². The fourth-order valence-corrected chi connectivity index (χ4v) is 4.75. The molecule has 0 aliphatic carbocycles. The van der Waals surface area contributed by atoms with Crippen molar-refractivity contribution < 1.29 is 33.6 Å². The third-order valence-electron chi connectivity index (χ3n) is 7.10. The second kappa shape index (κ2) is 13.9. The van der Waals surface area contributed by atoms with Gasteiger partial charge in [-0.05, 0) is 59.9 Å². The van der Waals surface area contributed by atoms with Gasteiger partial charge in [0, 0.05) is 25.3 Å². The molecule has 220 valence electrons. The summed E-state index contributed by atoms with van der Waals surface area (Å²) in [4.78, 5) is 25.4. The van der Waals surface area contributed by atoms with Gasteiger partial charge in [-0.25, -0.2) is 0 Å². The van der Waals surface area contributed by atoms with Crippen LogP contribution in [0.5, 0.6) is 11.5 Å². The Hall–Kier alpha value is -4.54. The van der Waals surface area contributed by atoms with Crippen molar-refractivity contribution in [1.82, 2.24) is 5.32 Å². The van der Waals surface area contributed by atoms with Crippen molar-refractivity contribution in [3.05, 3.63) is 95.3 Å². The summed E-state index contributed by atoms with van der Waals surface area (Å²) in [7, 11) is 0. The molecule has 0 bridgehead atoms. The average Bonchev–Trinajstić information content (AvgIpc) is 3.49. The van der Waals surface area contributed by atoms with Crippen molar-refractivity contribution in [3.8, 4) is 11.5 Å². The average molecular weight is 574 g/mol. The Morgan fingerprint density at radius 3 is 2.57 bits per heavy atom. The maximum Gasteiger partial charge on any atom is 0.286 e. The SMILES string of the molecule is Nc1ccccc1NC(=O)CCCCNC(=O)C1=C[C@@H](c2ccc3c(c2)OCO3)C[C@@H](OCc2ccc(CO)cc2)O1. The van der Waals surface area contributed by atoms with Crippen LogP contribution in [0.3, 0.4) is 0 Å². The van der Waals surface area contributed by atoms with E-state index in [1.54, 1.807) is 18.2 Å². The molecule has 0 saturated heterocycles. The monoisotopic (exact) mass is 573 g/mol. The number of hydrogen-bond donors (Lipinski definition) is 4. The number of benzene rings is 3. The van der Waals surface area contributed by atoms with Gasteiger partial charge in [0.1, 0.15) is 0 Å². The number of nitrogens with two attached hydrogens (primary N) is 1. The number of hydrogen-bond acceptors (Lipinski definition) is 8. The molecule has 10 nitrogen and oxygen atoms in total. The second-order valence-corrected chi connectivity index (χ2v) is 10.2. The molecule has 2 atom stereocenters. The molecule has 0 radical (unpaired) electrons. The zero-order valence-electron chi connectivity index (χ0n) is 23.2. The van der Waals surface area contributed by atoms with Gasteiger partial charge < -0.3 is 40.4 Å². The third kappa shape index (κ3) is 7.59. The number of aliphatic hydroxyl groups excluding tert-OH is 1. The van der Waals surface area contributed by atoms with Crippen LogP contribution in [0.15, 0.2) is 78.6 Å². The summed E-state index contributed by atoms with van der Waals surface area (Å²) in [6.07, 6.45) is 3.18. The molecule has 3 aromatic rings. The number of unbranched alkanes of at least 4 members (excludes halogenated alkanes) is 1. The molecule has 0 unspecified atom stereocenters. The molecule has 42 heavy (non-hydrogen) atoms. The van der Waals surface area contributed by atoms with E-state index in [0.29, 0.717) is 55.1 Å². The molecular formula is C32H35N3O7. The van der Waals surface area contributed by atoms with Crippen LogP contribution in [0.2, 0.25) is 0 Å². The number of ether oxygens (including phenoxy) is 4. The first-order valence-electron chi connectivity index (χ1n) is 14.0. The van der Waals surface area contributed by atoms with E-state index in [1.165, 1.54) is 0 Å². The van der Waals surface area contributed by atoms with Crippen molar-refractivity contribution in [1.29, 1.82) is 0 Å². The van der Waals surface area contributed by atoms with Crippen LogP contribution in [0.4, 0.5) is 11.4 Å². The van der Waals surface area contributed by atoms with Gasteiger partial charge in [0.2, 0.25) is 19.0 Å². The molecule has 2 amide bonds. The van der Waals surface area contributed by atoms with Crippen LogP contribution in [-0.4, -0.2) is 36.5 Å². The first-order valence-corrected chi connectivity index (χ1v) is 14.0. The van der Waals surface area contributed by atoms with Gasteiger partial charge in [0.05, 0.1) is 24.6 Å². The molecule has 5 N–H and O–H groups in total. The van der Waals surface area contributed by atoms with Gasteiger partial charge in [0.15, 0.2) is 17.3 Å². The Kier molecular flexibility index (Phi) is 9.58. The number of para-hydroxylation sites is 2. The van der Waals surface area contributed by atoms with E-state index in [-0.39, 0.29) is 43.5 Å². The quantitative estimate of drug-likeness (QED) is 0.185. The lowest BCUT2D eigenvalue weighted by molar-refractivity contribution is -0.150. The summed E-state index contributed by atoms with van der Waals surface area (Å²) >= 11 is 0. The van der Waals surface area contributed by atoms with Crippen LogP contribution in [0.1, 0.15) is 48.3 Å². The summed E-state index contributed by atoms with van der Waals surface area (Å²) in [5.41, 5.74) is 9.69. The van der Waals surface area contributed by atoms with Crippen molar-refractivity contribution in [2.24, 2.45) is 0 Å². The minimum absolute atomic E-state index is 0.0244. The molecule has 0 aromatic heterocycles. The lowest BCUT2D eigenvalue weighted by Gasteiger charge is -2.29. The van der Waals surface area contributed by atoms with E-state index in [4.69, 9.17) is 24.7 Å². The van der Waals surface area contributed by atoms with Crippen molar-refractivity contribution >= 4 is 23.2 Å². The maximum atomic E-state index is 13.1. The number of nitrogens with one attached hydrogen (secondary N) is 2. The van der Waals surface area contributed by atoms with E-state index in [0.717, 1.165) is 16.7 Å². The molecule has 3 aromatic carbocycles. The lowest BCUT2D eigenvalue weighted by Crippen LogP contribution is -2.33. The third-order valence-corrected chi connectivity index (χ3v) is 7.10. The lowest BCUT2D eigenvalue weighted by atomic mass is 9.92. The fourth-order valence-electron chi connectivity index (χ4n) is 4.75. The minimum Gasteiger partial charge on any atom is -0.459 e. The highest BCUT2D eigenvalue weighted by Gasteiger charge is 2.30. The first kappa shape index (κ1) is 29.0. The second-order valence-electron chi connectivity index (χ2n) is 10.2. The number of carbonyl (C=O) groups excluding carboxylic acids is 2. The van der Waals surface area contributed by atoms with E-state index < -0.39 is 6.29 Å². The zero-order chi connectivity index (χ0) is 29.3. The number of anilines is 2. The van der Waals surface area contributed by atoms with Crippen LogP contribution in [-0.2, 0) is 32.3 Å². The molecule has 2 aliphatic rings. The van der Waals surface area contributed by atoms with Crippen molar-refractivity contribution in [3.63, 3.8) is 0 Å². The number of allylic oxidation sites excluding steroid dienone is 1. The number of fused-ring (bicyclic) bond motifs is 1. The topological polar surface area (TPSA) is 141 Å². The highest BCUT2D eigenvalue weighted by Crippen LogP contribution is 2.38. The number of aliphatic hydroxyl groups is 1. The molecule has 10 heteroatoms. The van der Waals surface area contributed by atoms with Gasteiger partial charge in [-0.15, -0.1) is 0 Å². The van der Waals surface area contributed by atoms with Crippen molar-refractivity contribution in [2.45, 2.75) is 51.1 Å². The van der Waals surface area contributed by atoms with Gasteiger partial charge in [-0.2, -0.15) is 0 Å². The summed E-state index contributed by atoms with van der Waals surface area (Å²) < 4.78 is 23.1. The van der Waals surface area contributed by atoms with Crippen molar-refractivity contribution in [2.75, 3.05) is 24.4 Å². The Balaban J connectivity index is 1.16. The molecular weight excluding hydrogens is 538 g/mol. The van der Waals surface area contributed by atoms with E-state index in [9.17, 15) is 14.7 Å². The van der Waals surface area contributed by atoms with Gasteiger partial charge in [-0.3, -0.25) is 9.59 Å². The smallest absolute Gasteiger partial charge is 0.286 e. The van der Waals surface area contributed by atoms with E-state index >= 15 is 0 Å². The number of carbonyl (C=O) groups is 2. The number of amides is 2. The van der Waals surface area contributed by atoms with Crippen LogP contribution in [0.25, 0.3) is 0 Å². The summed E-state index contributed by atoms with van der Waals surface area (Å²) in [5, 5.41) is 15.0. The molecule has 2 aliphatic heterocycles. The molecule has 0 fully saturated rings. The predicted octanol–water partition coefficient (Wildman–Crippen LogP) is 4.35. The predicted molar refractivity (Wildman–Crippen MR) is 156 cm³/mol. The first-order chi connectivity index (χ1) is 20.5. The van der Waals surface area contributed by atoms with Gasteiger partial charge >= 0.3 is 0 Å². The Bertz CT molecular complexity index is 1420. The Labute approximate surface area is 244 Å². The van der Waals surface area contributed by atoms with Crippen LogP contribution >= 0.6 is 0 Å². The summed E-state index contributed by atoms with van der Waals surface area (Å²) in [6.45, 7) is 0.829. The van der Waals surface area contributed by atoms with E-state index in [1.807, 2.05) is 54.6 Å². The molecule has 0 saturated carbocycles. The maximum absolute atomic E-state index is 13.1. The number of rotatable bonds is 12. The molecule has 0 spiro atoms. The molecule has 2 heterocycles. The summed E-state index contributed by atoms with van der Waals surface area (Å²) in [6, 6.07) is 20.3. The Morgan fingerprint density at radius 1 is 0.976 bits per heavy atom. The highest BCUT2D eigenvalue weighted by molar-refractivity contribution is 5.93. The molecule has 5 rings (SSSR count). The normalized spacial score (nSPS) is 17.2. The zero-order valence-corrected chi connectivity index (χ0v) is 23.2. The summed E-state index contributed by atoms with van der Waals surface area (Å²) in [5.74, 6) is 0.913. The highest BCUT2D eigenvalue weighted by atomic mass is 16.7. The van der Waals surface area contributed by atoms with Crippen LogP contribution < -0.4 is 25.8 Å². The Morgan fingerprint density at radius 2 is 1.76 bits per heavy atom. The van der Waals surface area contributed by atoms with Crippen LogP contribution in [0, 0.1) is 0 Å². The fraction of sp³-hybridized carbons (Fsp3) is 0.312. The standard InChI is InChI=1S/C32H35N3O7/c33-25-5-1-2-6-26(25)35-30(37)7-3-4-14-34-32(38)29-16-24(23-12-13-27-28(15-23)41-20-40-27)17-31(42-29)39-19-22-10-8-21(18-36)9-11-22/h1-2,5-6,8-13,15-16,24,31,36H,3-4,7,14,17-20,33H2,(H,34,38)(H,35,37)/t24-,31+/m1/s1. The number of nitrogen functional groups attached to an aromatic ring is 1. The minimum atomic E-state index is -0.655. The largest absolute Gasteiger partial charge is 0.459 e. The van der Waals surface area contributed by atoms with E-state index in [2.05, 4.69) is 10.6 Å².